The van der Waals surface area contributed by atoms with E-state index in [1.165, 1.54) is 0 Å². The second-order valence-electron chi connectivity index (χ2n) is 7.27. The number of aromatic nitrogens is 4. The number of fused-ring (bicyclic) bond motifs is 1. The average Bonchev–Trinajstić information content (AvgIpc) is 2.94. The molecule has 13 heteroatoms. The molecule has 0 aliphatic rings. The van der Waals surface area contributed by atoms with Crippen LogP contribution in [0.25, 0.3) is 16.7 Å². The zero-order valence-electron chi connectivity index (χ0n) is 16.3. The average molecular weight is 452 g/mol. The van der Waals surface area contributed by atoms with Gasteiger partial charge in [-0.2, -0.15) is 26.3 Å². The summed E-state index contributed by atoms with van der Waals surface area (Å²) in [6.07, 6.45) is -9.89. The lowest BCUT2D eigenvalue weighted by Gasteiger charge is -2.15. The lowest BCUT2D eigenvalue weighted by Crippen LogP contribution is -2.41. The molecule has 0 radical (unpaired) electrons. The van der Waals surface area contributed by atoms with Crippen molar-refractivity contribution < 1.29 is 30.7 Å². The van der Waals surface area contributed by atoms with E-state index in [2.05, 4.69) is 4.98 Å². The van der Waals surface area contributed by atoms with Crippen molar-refractivity contribution in [1.82, 2.24) is 18.7 Å². The van der Waals surface area contributed by atoms with Crippen molar-refractivity contribution in [3.63, 3.8) is 0 Å². The van der Waals surface area contributed by atoms with Gasteiger partial charge in [0.1, 0.15) is 11.5 Å². The second-order valence-corrected chi connectivity index (χ2v) is 7.27. The number of alkyl halides is 6. The molecule has 2 aromatic heterocycles. The summed E-state index contributed by atoms with van der Waals surface area (Å²) in [5.74, 6) is -2.89. The summed E-state index contributed by atoms with van der Waals surface area (Å²) in [7, 11) is 0.738. The molecular weight excluding hydrogens is 437 g/mol. The van der Waals surface area contributed by atoms with Crippen LogP contribution in [0.1, 0.15) is 25.4 Å². The molecule has 31 heavy (non-hydrogen) atoms. The molecule has 0 bridgehead atoms. The minimum atomic E-state index is -5.02. The molecule has 0 aliphatic carbocycles. The van der Waals surface area contributed by atoms with Gasteiger partial charge in [-0.15, -0.1) is 0 Å². The Balaban J connectivity index is 2.37. The molecule has 0 saturated carbocycles. The third kappa shape index (κ3) is 3.95. The van der Waals surface area contributed by atoms with Crippen LogP contribution >= 0.6 is 0 Å². The van der Waals surface area contributed by atoms with E-state index in [9.17, 15) is 40.3 Å². The quantitative estimate of drug-likeness (QED) is 0.570. The zero-order chi connectivity index (χ0) is 23.5. The largest absolute Gasteiger partial charge is 0.449 e. The van der Waals surface area contributed by atoms with Gasteiger partial charge in [0.15, 0.2) is 0 Å². The maximum Gasteiger partial charge on any atom is 0.449 e. The molecule has 3 rings (SSSR count). The molecule has 0 saturated heterocycles. The van der Waals surface area contributed by atoms with E-state index in [-0.39, 0.29) is 38.7 Å². The fourth-order valence-corrected chi connectivity index (χ4v) is 3.19. The zero-order valence-corrected chi connectivity index (χ0v) is 16.3. The lowest BCUT2D eigenvalue weighted by atomic mass is 10.2. The topological polar surface area (TPSA) is 61.8 Å². The van der Waals surface area contributed by atoms with Crippen LogP contribution in [0.3, 0.4) is 0 Å². The summed E-state index contributed by atoms with van der Waals surface area (Å²) in [5, 5.41) is 0. The Morgan fingerprint density at radius 3 is 2.13 bits per heavy atom. The van der Waals surface area contributed by atoms with Crippen LogP contribution in [-0.4, -0.2) is 18.7 Å². The first kappa shape index (κ1) is 22.6. The molecule has 2 heterocycles. The van der Waals surface area contributed by atoms with E-state index in [0.29, 0.717) is 6.07 Å². The number of nitrogens with zero attached hydrogens (tertiary/aromatic N) is 4. The van der Waals surface area contributed by atoms with Crippen LogP contribution in [0, 0.1) is 11.7 Å². The maximum absolute atomic E-state index is 14.7. The van der Waals surface area contributed by atoms with Crippen LogP contribution < -0.4 is 11.2 Å². The van der Waals surface area contributed by atoms with E-state index in [0.717, 1.165) is 17.7 Å². The monoisotopic (exact) mass is 452 g/mol. The molecule has 0 amide bonds. The van der Waals surface area contributed by atoms with Crippen molar-refractivity contribution in [2.24, 2.45) is 13.0 Å². The first-order valence-corrected chi connectivity index (χ1v) is 8.80. The molecule has 0 unspecified atom stereocenters. The van der Waals surface area contributed by atoms with Gasteiger partial charge in [-0.05, 0) is 12.0 Å². The van der Waals surface area contributed by atoms with Gasteiger partial charge >= 0.3 is 18.0 Å². The summed E-state index contributed by atoms with van der Waals surface area (Å²) in [6.45, 7) is 3.09. The second kappa shape index (κ2) is 7.24. The van der Waals surface area contributed by atoms with Gasteiger partial charge in [-0.25, -0.2) is 18.7 Å². The van der Waals surface area contributed by atoms with Gasteiger partial charge in [0, 0.05) is 25.7 Å². The standard InChI is InChI=1S/C18H15F7N4O2/c1-8(2)7-28-12-5-11(9(19)4-10(12)26-15(28)18(23,24)25)29-14(30)6-13(17(20,21)22)27(3)16(29)31/h4-6,8H,7H2,1-3H3. The Bertz CT molecular complexity index is 1280. The van der Waals surface area contributed by atoms with Crippen molar-refractivity contribution >= 4 is 11.0 Å². The van der Waals surface area contributed by atoms with Crippen LogP contribution in [0.5, 0.6) is 0 Å². The first-order valence-electron chi connectivity index (χ1n) is 8.80. The Morgan fingerprint density at radius 1 is 1.00 bits per heavy atom. The first-order chi connectivity index (χ1) is 14.1. The predicted octanol–water partition coefficient (Wildman–Crippen LogP) is 3.72. The van der Waals surface area contributed by atoms with E-state index in [1.54, 1.807) is 13.8 Å². The normalized spacial score (nSPS) is 12.9. The number of hydrogen-bond acceptors (Lipinski definition) is 3. The molecule has 0 atom stereocenters. The summed E-state index contributed by atoms with van der Waals surface area (Å²) in [5.41, 5.74) is -5.95. The highest BCUT2D eigenvalue weighted by Crippen LogP contribution is 2.33. The molecule has 1 aromatic carbocycles. The van der Waals surface area contributed by atoms with Crippen molar-refractivity contribution in [3.8, 4) is 5.69 Å². The van der Waals surface area contributed by atoms with Gasteiger partial charge in [-0.3, -0.25) is 9.36 Å². The molecule has 6 nitrogen and oxygen atoms in total. The van der Waals surface area contributed by atoms with Crippen LogP contribution in [0.15, 0.2) is 27.8 Å². The molecule has 0 aliphatic heterocycles. The molecular formula is C18H15F7N4O2. The summed E-state index contributed by atoms with van der Waals surface area (Å²) < 4.78 is 95.0. The van der Waals surface area contributed by atoms with Crippen LogP contribution in [0.4, 0.5) is 30.7 Å². The molecule has 0 spiro atoms. The van der Waals surface area contributed by atoms with Gasteiger partial charge in [0.25, 0.3) is 5.56 Å². The number of imidazole rings is 1. The lowest BCUT2D eigenvalue weighted by molar-refractivity contribution is -0.147. The van der Waals surface area contributed by atoms with E-state index in [1.807, 2.05) is 0 Å². The predicted molar refractivity (Wildman–Crippen MR) is 95.4 cm³/mol. The Hall–Kier alpha value is -3.12. The summed E-state index contributed by atoms with van der Waals surface area (Å²) >= 11 is 0. The van der Waals surface area contributed by atoms with Gasteiger partial charge in [0.05, 0.1) is 16.7 Å². The highest BCUT2D eigenvalue weighted by Gasteiger charge is 2.38. The number of benzene rings is 1. The molecule has 168 valence electrons. The molecule has 3 aromatic rings. The van der Waals surface area contributed by atoms with Crippen molar-refractivity contribution in [2.75, 3.05) is 0 Å². The van der Waals surface area contributed by atoms with Crippen molar-refractivity contribution in [2.45, 2.75) is 32.7 Å². The maximum atomic E-state index is 14.7. The third-order valence-electron chi connectivity index (χ3n) is 4.47. The molecule has 0 N–H and O–H groups in total. The van der Waals surface area contributed by atoms with Gasteiger partial charge in [-0.1, -0.05) is 13.8 Å². The number of halogens is 7. The highest BCUT2D eigenvalue weighted by molar-refractivity contribution is 5.79. The van der Waals surface area contributed by atoms with Crippen LogP contribution in [-0.2, 0) is 25.9 Å². The highest BCUT2D eigenvalue weighted by atomic mass is 19.4. The number of hydrogen-bond donors (Lipinski definition) is 0. The summed E-state index contributed by atoms with van der Waals surface area (Å²) in [4.78, 5) is 28.1. The van der Waals surface area contributed by atoms with Gasteiger partial charge < -0.3 is 4.57 Å². The Kier molecular flexibility index (Phi) is 5.27. The molecule has 0 fully saturated rings. The Morgan fingerprint density at radius 2 is 1.61 bits per heavy atom. The SMILES string of the molecule is CC(C)Cn1c(C(F)(F)F)nc2cc(F)c(-n3c(=O)cc(C(F)(F)F)n(C)c3=O)cc21. The van der Waals surface area contributed by atoms with E-state index < -0.39 is 46.6 Å². The minimum absolute atomic E-state index is 0.109. The minimum Gasteiger partial charge on any atom is -0.320 e. The fourth-order valence-electron chi connectivity index (χ4n) is 3.19. The van der Waals surface area contributed by atoms with E-state index in [4.69, 9.17) is 0 Å². The van der Waals surface area contributed by atoms with Crippen molar-refractivity contribution in [3.05, 3.63) is 56.4 Å². The van der Waals surface area contributed by atoms with E-state index >= 15 is 0 Å². The smallest absolute Gasteiger partial charge is 0.320 e. The third-order valence-corrected chi connectivity index (χ3v) is 4.47. The van der Waals surface area contributed by atoms with Gasteiger partial charge in [0.2, 0.25) is 5.82 Å². The fraction of sp³-hybridized carbons (Fsp3) is 0.389. The van der Waals surface area contributed by atoms with Crippen molar-refractivity contribution in [1.29, 1.82) is 0 Å². The van der Waals surface area contributed by atoms with Crippen LogP contribution in [0.2, 0.25) is 0 Å². The summed E-state index contributed by atoms with van der Waals surface area (Å²) in [6, 6.07) is 1.50. The number of rotatable bonds is 3. The Labute approximate surface area is 169 Å².